The molecule has 0 N–H and O–H groups in total. The van der Waals surface area contributed by atoms with Crippen LogP contribution in [0.5, 0.6) is 0 Å². The Morgan fingerprint density at radius 3 is 1.87 bits per heavy atom. The molecule has 1 nitrogen and oxygen atoms in total. The summed E-state index contributed by atoms with van der Waals surface area (Å²) in [5.74, 6) is 1.83. The van der Waals surface area contributed by atoms with Gasteiger partial charge in [-0.25, -0.2) is 0 Å². The van der Waals surface area contributed by atoms with Crippen LogP contribution in [0.25, 0.3) is 0 Å². The Balaban J connectivity index is 0. The van der Waals surface area contributed by atoms with Crippen LogP contribution < -0.4 is 0 Å². The van der Waals surface area contributed by atoms with Crippen LogP contribution in [0, 0.1) is 32.1 Å². The monoisotopic (exact) mass is 489 g/mol. The van der Waals surface area contributed by atoms with E-state index >= 15 is 0 Å². The Bertz CT molecular complexity index is 247. The number of nitrogens with zero attached hydrogens (tertiary/aromatic N) is 1. The van der Waals surface area contributed by atoms with E-state index in [1.165, 1.54) is 57.8 Å². The topological polar surface area (TPSA) is 12.4 Å². The van der Waals surface area contributed by atoms with Crippen LogP contribution in [0.2, 0.25) is 0 Å². The predicted octanol–water partition coefficient (Wildman–Crippen LogP) is 7.55. The predicted molar refractivity (Wildman–Crippen MR) is 102 cm³/mol. The van der Waals surface area contributed by atoms with Crippen molar-refractivity contribution in [2.24, 2.45) is 15.2 Å². The van der Waals surface area contributed by atoms with E-state index in [4.69, 9.17) is 0 Å². The van der Waals surface area contributed by atoms with Gasteiger partial charge in [0, 0.05) is 0 Å². The Kier molecular flexibility index (Phi) is 18.0. The second-order valence-corrected chi connectivity index (χ2v) is 8.18. The molecule has 139 valence electrons. The maximum absolute atomic E-state index is 4.25. The molecule has 0 bridgehead atoms. The smallest absolute Gasteiger partial charge is 0.0577 e. The minimum Gasteiger partial charge on any atom is -0.358 e. The van der Waals surface area contributed by atoms with Crippen molar-refractivity contribution in [2.45, 2.75) is 104 Å². The van der Waals surface area contributed by atoms with E-state index in [1.807, 2.05) is 0 Å². The number of hydrogen-bond donors (Lipinski definition) is 0. The van der Waals surface area contributed by atoms with Crippen LogP contribution in [0.3, 0.4) is 0 Å². The van der Waals surface area contributed by atoms with E-state index in [1.54, 1.807) is 0 Å². The molecule has 2 fully saturated rings. The molecule has 23 heavy (non-hydrogen) atoms. The van der Waals surface area contributed by atoms with Crippen molar-refractivity contribution in [3.63, 3.8) is 0 Å². The number of rotatable bonds is 3. The zero-order valence-electron chi connectivity index (χ0n) is 16.8. The molecule has 0 aromatic heterocycles. The molecule has 2 heteroatoms. The number of hydrogen-bond acceptors (Lipinski definition) is 1. The van der Waals surface area contributed by atoms with Gasteiger partial charge in [-0.05, 0) is 0 Å². The molecule has 0 spiro atoms. The molecule has 2 aliphatic rings. The fourth-order valence-corrected chi connectivity index (χ4v) is 3.18. The van der Waals surface area contributed by atoms with Crippen molar-refractivity contribution in [2.75, 3.05) is 0 Å². The quantitative estimate of drug-likeness (QED) is 0.363. The van der Waals surface area contributed by atoms with Gasteiger partial charge in [0.1, 0.15) is 0 Å². The summed E-state index contributed by atoms with van der Waals surface area (Å²) in [4.78, 5) is 0. The Morgan fingerprint density at radius 1 is 1.04 bits per heavy atom. The van der Waals surface area contributed by atoms with Crippen molar-refractivity contribution in [1.29, 1.82) is 0 Å². The maximum Gasteiger partial charge on any atom is -0.0577 e. The van der Waals surface area contributed by atoms with E-state index < -0.39 is 0 Å². The van der Waals surface area contributed by atoms with E-state index in [0.29, 0.717) is 0 Å². The zero-order chi connectivity index (χ0) is 16.8. The van der Waals surface area contributed by atoms with Gasteiger partial charge in [-0.15, -0.1) is 0 Å². The molecule has 2 saturated carbocycles. The third kappa shape index (κ3) is 15.8. The first-order valence-corrected chi connectivity index (χ1v) is 10.9. The van der Waals surface area contributed by atoms with E-state index in [-0.39, 0.29) is 13.0 Å². The van der Waals surface area contributed by atoms with Gasteiger partial charge in [0.15, 0.2) is 0 Å². The van der Waals surface area contributed by atoms with Crippen LogP contribution in [-0.2, 0) is 20.9 Å². The van der Waals surface area contributed by atoms with Crippen molar-refractivity contribution in [3.05, 3.63) is 20.3 Å². The molecular formula is C21H42NTa-3. The second-order valence-electron chi connectivity index (χ2n) is 7.46. The Morgan fingerprint density at radius 2 is 1.65 bits per heavy atom. The maximum atomic E-state index is 4.25. The molecule has 0 saturated heterocycles. The van der Waals surface area contributed by atoms with Crippen LogP contribution in [-0.4, -0.2) is 5.54 Å². The molecular weight excluding hydrogens is 447 g/mol. The summed E-state index contributed by atoms with van der Waals surface area (Å²) < 4.78 is 4.25. The molecule has 0 aromatic carbocycles. The fraction of sp³-hybridized carbons (Fsp3) is 0.857. The Labute approximate surface area is 160 Å². The standard InChI is InChI=1S/C9H17.C6H11.C5H11N.CH3.Ta/c1-3-9-6-4-5-8(2)7-9;1-2-4-6-5-3-1;1-4-5(2,3)6;;/h7-9H,3-6H2,1-2H3;1H,2-6H2;4H2,1-3H3;1H3;/q2*-1;;-1;. The summed E-state index contributed by atoms with van der Waals surface area (Å²) in [7, 11) is 0. The first-order valence-electron chi connectivity index (χ1n) is 9.48. The van der Waals surface area contributed by atoms with Crippen LogP contribution in [0.1, 0.15) is 98.8 Å². The summed E-state index contributed by atoms with van der Waals surface area (Å²) in [6.07, 6.45) is 18.9. The molecule has 2 aliphatic carbocycles. The van der Waals surface area contributed by atoms with Gasteiger partial charge in [0.2, 0.25) is 0 Å². The van der Waals surface area contributed by atoms with E-state index in [0.717, 1.165) is 39.1 Å². The average molecular weight is 490 g/mol. The first-order chi connectivity index (χ1) is 10.4. The molecule has 0 aliphatic heterocycles. The van der Waals surface area contributed by atoms with Crippen LogP contribution >= 0.6 is 0 Å². The molecule has 2 rings (SSSR count). The summed E-state index contributed by atoms with van der Waals surface area (Å²) >= 11 is 1.16. The van der Waals surface area contributed by atoms with Gasteiger partial charge in [-0.1, -0.05) is 58.8 Å². The molecule has 2 atom stereocenters. The summed E-state index contributed by atoms with van der Waals surface area (Å²) in [5.41, 5.74) is 0.258. The van der Waals surface area contributed by atoms with Gasteiger partial charge >= 0.3 is 57.0 Å². The molecule has 0 aromatic rings. The average Bonchev–Trinajstić information content (AvgIpc) is 2.57. The van der Waals surface area contributed by atoms with Gasteiger partial charge in [-0.2, -0.15) is 24.7 Å². The third-order valence-corrected chi connectivity index (χ3v) is 6.76. The van der Waals surface area contributed by atoms with Crippen molar-refractivity contribution in [1.82, 2.24) is 0 Å². The van der Waals surface area contributed by atoms with Crippen molar-refractivity contribution >= 4 is 0 Å². The van der Waals surface area contributed by atoms with Gasteiger partial charge in [0.05, 0.1) is 0 Å². The third-order valence-electron chi connectivity index (χ3n) is 4.81. The summed E-state index contributed by atoms with van der Waals surface area (Å²) in [5, 5.41) is 0. The van der Waals surface area contributed by atoms with Crippen LogP contribution in [0.15, 0.2) is 3.34 Å². The normalized spacial score (nSPS) is 24.0. The largest absolute Gasteiger partial charge is 0.358 e. The minimum atomic E-state index is 0. The minimum absolute atomic E-state index is 0. The van der Waals surface area contributed by atoms with Crippen molar-refractivity contribution in [3.8, 4) is 0 Å². The van der Waals surface area contributed by atoms with Crippen molar-refractivity contribution < 1.29 is 20.9 Å². The zero-order valence-corrected chi connectivity index (χ0v) is 20.0. The molecule has 0 amide bonds. The van der Waals surface area contributed by atoms with Crippen LogP contribution in [0.4, 0.5) is 0 Å². The molecule has 2 unspecified atom stereocenters. The SMILES string of the molecule is CCC(C)(C)[N]=[Ta].CCC1[CH-]C(C)CCC1.[CH-]1CCCCC1.[CH3-]. The Hall–Kier alpha value is 0.540. The summed E-state index contributed by atoms with van der Waals surface area (Å²) in [6, 6.07) is 0. The van der Waals surface area contributed by atoms with Gasteiger partial charge in [0.25, 0.3) is 0 Å². The molecule has 0 heterocycles. The van der Waals surface area contributed by atoms with Gasteiger partial charge in [-0.3, -0.25) is 0 Å². The van der Waals surface area contributed by atoms with Gasteiger partial charge < -0.3 is 20.3 Å². The fourth-order valence-electron chi connectivity index (χ4n) is 2.67. The second kappa shape index (κ2) is 16.0. The van der Waals surface area contributed by atoms with E-state index in [9.17, 15) is 0 Å². The molecule has 0 radical (unpaired) electrons. The summed E-state index contributed by atoms with van der Waals surface area (Å²) in [6.45, 7) is 11.1. The van der Waals surface area contributed by atoms with E-state index in [2.05, 4.69) is 50.8 Å². The first kappa shape index (κ1) is 25.8.